The Bertz CT molecular complexity index is 936. The number of hydrogen-bond donors (Lipinski definition) is 1. The molecule has 0 aliphatic carbocycles. The number of methoxy groups -OCH3 is 1. The number of esters is 1. The van der Waals surface area contributed by atoms with E-state index in [1.165, 1.54) is 12.7 Å². The smallest absolute Gasteiger partial charge is 0.340 e. The topological polar surface area (TPSA) is 51.2 Å². The van der Waals surface area contributed by atoms with Gasteiger partial charge in [-0.25, -0.2) is 4.79 Å². The maximum atomic E-state index is 12.5. The second kappa shape index (κ2) is 8.31. The van der Waals surface area contributed by atoms with Crippen molar-refractivity contribution in [3.63, 3.8) is 0 Å². The summed E-state index contributed by atoms with van der Waals surface area (Å²) < 4.78 is 5.04. The number of benzene rings is 2. The van der Waals surface area contributed by atoms with Gasteiger partial charge in [0, 0.05) is 18.0 Å². The second-order valence-electron chi connectivity index (χ2n) is 7.08. The monoisotopic (exact) mass is 362 g/mol. The zero-order chi connectivity index (χ0) is 19.4. The van der Waals surface area contributed by atoms with Gasteiger partial charge in [-0.15, -0.1) is 0 Å². The van der Waals surface area contributed by atoms with Crippen molar-refractivity contribution in [2.75, 3.05) is 7.11 Å². The summed E-state index contributed by atoms with van der Waals surface area (Å²) >= 11 is 0. The van der Waals surface area contributed by atoms with Crippen LogP contribution in [0.25, 0.3) is 10.9 Å². The van der Waals surface area contributed by atoms with Crippen molar-refractivity contribution in [2.45, 2.75) is 33.4 Å². The molecule has 3 rings (SSSR count). The maximum Gasteiger partial charge on any atom is 0.340 e. The molecule has 0 unspecified atom stereocenters. The molecule has 1 heterocycles. The van der Waals surface area contributed by atoms with Gasteiger partial charge < -0.3 is 10.1 Å². The van der Waals surface area contributed by atoms with E-state index in [0.717, 1.165) is 22.2 Å². The van der Waals surface area contributed by atoms with Crippen molar-refractivity contribution >= 4 is 16.9 Å². The number of nitrogens with zero attached hydrogens (tertiary/aromatic N) is 1. The highest BCUT2D eigenvalue weighted by Gasteiger charge is 2.21. The lowest BCUT2D eigenvalue weighted by Gasteiger charge is -2.24. The van der Waals surface area contributed by atoms with E-state index < -0.39 is 0 Å². The molecule has 4 heteroatoms. The van der Waals surface area contributed by atoms with E-state index in [4.69, 9.17) is 9.72 Å². The van der Waals surface area contributed by atoms with Crippen LogP contribution in [0.15, 0.2) is 54.6 Å². The Morgan fingerprint density at radius 3 is 2.41 bits per heavy atom. The highest BCUT2D eigenvalue weighted by molar-refractivity contribution is 5.98. The van der Waals surface area contributed by atoms with Crippen molar-refractivity contribution in [3.8, 4) is 0 Å². The molecule has 0 bridgehead atoms. The average molecular weight is 362 g/mol. The molecule has 4 nitrogen and oxygen atoms in total. The minimum atomic E-state index is -0.344. The minimum absolute atomic E-state index is 0.172. The van der Waals surface area contributed by atoms with Crippen LogP contribution >= 0.6 is 0 Å². The van der Waals surface area contributed by atoms with Gasteiger partial charge in [-0.2, -0.15) is 0 Å². The van der Waals surface area contributed by atoms with Crippen LogP contribution in [-0.2, 0) is 11.3 Å². The SMILES string of the molecule is COC(=O)c1c(CN[C@H](c2ccccc2)C(C)C)nc2ccccc2c1C. The Morgan fingerprint density at radius 1 is 1.07 bits per heavy atom. The molecule has 0 saturated heterocycles. The summed E-state index contributed by atoms with van der Waals surface area (Å²) in [6.45, 7) is 6.82. The number of rotatable bonds is 6. The van der Waals surface area contributed by atoms with E-state index in [-0.39, 0.29) is 12.0 Å². The van der Waals surface area contributed by atoms with Crippen molar-refractivity contribution in [3.05, 3.63) is 77.0 Å². The summed E-state index contributed by atoms with van der Waals surface area (Å²) in [5, 5.41) is 4.57. The fraction of sp³-hybridized carbons (Fsp3) is 0.304. The number of para-hydroxylation sites is 1. The van der Waals surface area contributed by atoms with Crippen molar-refractivity contribution in [1.82, 2.24) is 10.3 Å². The lowest BCUT2D eigenvalue weighted by atomic mass is 9.95. The van der Waals surface area contributed by atoms with Crippen molar-refractivity contribution in [1.29, 1.82) is 0 Å². The van der Waals surface area contributed by atoms with Crippen LogP contribution in [0.5, 0.6) is 0 Å². The fourth-order valence-electron chi connectivity index (χ4n) is 3.55. The van der Waals surface area contributed by atoms with E-state index in [0.29, 0.717) is 18.0 Å². The lowest BCUT2D eigenvalue weighted by Crippen LogP contribution is -2.27. The van der Waals surface area contributed by atoms with Crippen LogP contribution in [0.2, 0.25) is 0 Å². The molecule has 3 aromatic rings. The minimum Gasteiger partial charge on any atom is -0.465 e. The predicted octanol–water partition coefficient (Wildman–Crippen LogP) is 4.82. The Hall–Kier alpha value is -2.72. The summed E-state index contributed by atoms with van der Waals surface area (Å²) in [6.07, 6.45) is 0. The van der Waals surface area contributed by atoms with Crippen LogP contribution in [-0.4, -0.2) is 18.1 Å². The number of aryl methyl sites for hydroxylation is 1. The number of nitrogens with one attached hydrogen (secondary N) is 1. The molecule has 1 atom stereocenters. The Kier molecular flexibility index (Phi) is 5.87. The number of fused-ring (bicyclic) bond motifs is 1. The van der Waals surface area contributed by atoms with Crippen LogP contribution in [0, 0.1) is 12.8 Å². The predicted molar refractivity (Wildman–Crippen MR) is 109 cm³/mol. The van der Waals surface area contributed by atoms with Crippen LogP contribution in [0.3, 0.4) is 0 Å². The Balaban J connectivity index is 1.99. The molecule has 2 aromatic carbocycles. The van der Waals surface area contributed by atoms with Gasteiger partial charge in [0.1, 0.15) is 0 Å². The normalized spacial score (nSPS) is 12.3. The molecule has 0 aliphatic heterocycles. The van der Waals surface area contributed by atoms with Crippen LogP contribution in [0.4, 0.5) is 0 Å². The van der Waals surface area contributed by atoms with Crippen molar-refractivity contribution in [2.24, 2.45) is 5.92 Å². The largest absolute Gasteiger partial charge is 0.465 e. The molecule has 0 fully saturated rings. The summed E-state index contributed by atoms with van der Waals surface area (Å²) in [4.78, 5) is 17.2. The third-order valence-corrected chi connectivity index (χ3v) is 4.93. The molecular weight excluding hydrogens is 336 g/mol. The lowest BCUT2D eigenvalue weighted by molar-refractivity contribution is 0.0598. The Morgan fingerprint density at radius 2 is 1.74 bits per heavy atom. The highest BCUT2D eigenvalue weighted by Crippen LogP contribution is 2.26. The molecule has 0 aliphatic rings. The van der Waals surface area contributed by atoms with Crippen LogP contribution < -0.4 is 5.32 Å². The first-order chi connectivity index (χ1) is 13.0. The Labute approximate surface area is 160 Å². The zero-order valence-electron chi connectivity index (χ0n) is 16.3. The first-order valence-electron chi connectivity index (χ1n) is 9.27. The molecule has 1 N–H and O–H groups in total. The van der Waals surface area contributed by atoms with Gasteiger partial charge in [0.2, 0.25) is 0 Å². The van der Waals surface area contributed by atoms with Gasteiger partial charge >= 0.3 is 5.97 Å². The van der Waals surface area contributed by atoms with Gasteiger partial charge in [-0.05, 0) is 30.0 Å². The first kappa shape index (κ1) is 19.1. The number of carbonyl (C=O) groups is 1. The molecule has 1 aromatic heterocycles. The number of hydrogen-bond acceptors (Lipinski definition) is 4. The number of ether oxygens (including phenoxy) is 1. The summed E-state index contributed by atoms with van der Waals surface area (Å²) in [5.41, 5.74) is 4.30. The first-order valence-corrected chi connectivity index (χ1v) is 9.27. The van der Waals surface area contributed by atoms with Crippen molar-refractivity contribution < 1.29 is 9.53 Å². The molecule has 0 saturated carbocycles. The van der Waals surface area contributed by atoms with E-state index in [2.05, 4.69) is 31.3 Å². The van der Waals surface area contributed by atoms with E-state index >= 15 is 0 Å². The highest BCUT2D eigenvalue weighted by atomic mass is 16.5. The number of aromatic nitrogens is 1. The number of carbonyl (C=O) groups excluding carboxylic acids is 1. The third kappa shape index (κ3) is 4.01. The maximum absolute atomic E-state index is 12.5. The molecule has 0 amide bonds. The van der Waals surface area contributed by atoms with Gasteiger partial charge in [-0.3, -0.25) is 4.98 Å². The summed E-state index contributed by atoms with van der Waals surface area (Å²) in [6, 6.07) is 18.4. The van der Waals surface area contributed by atoms with E-state index in [1.807, 2.05) is 49.4 Å². The molecule has 140 valence electrons. The van der Waals surface area contributed by atoms with Gasteiger partial charge in [0.25, 0.3) is 0 Å². The molecular formula is C23H26N2O2. The van der Waals surface area contributed by atoms with Gasteiger partial charge in [0.05, 0.1) is 23.9 Å². The van der Waals surface area contributed by atoms with Crippen LogP contribution in [0.1, 0.15) is 47.1 Å². The second-order valence-corrected chi connectivity index (χ2v) is 7.08. The standard InChI is InChI=1S/C23H26N2O2/c1-15(2)22(17-10-6-5-7-11-17)24-14-20-21(23(26)27-4)16(3)18-12-8-9-13-19(18)25-20/h5-13,15,22,24H,14H2,1-4H3/t22-/m0/s1. The summed E-state index contributed by atoms with van der Waals surface area (Å²) in [5.74, 6) is 0.0545. The molecule has 0 radical (unpaired) electrons. The quantitative estimate of drug-likeness (QED) is 0.639. The molecule has 0 spiro atoms. The zero-order valence-corrected chi connectivity index (χ0v) is 16.3. The summed E-state index contributed by atoms with van der Waals surface area (Å²) in [7, 11) is 1.41. The fourth-order valence-corrected chi connectivity index (χ4v) is 3.55. The van der Waals surface area contributed by atoms with Gasteiger partial charge in [-0.1, -0.05) is 62.4 Å². The number of pyridine rings is 1. The van der Waals surface area contributed by atoms with E-state index in [9.17, 15) is 4.79 Å². The van der Waals surface area contributed by atoms with E-state index in [1.54, 1.807) is 0 Å². The molecule has 27 heavy (non-hydrogen) atoms. The average Bonchev–Trinajstić information content (AvgIpc) is 2.68. The third-order valence-electron chi connectivity index (χ3n) is 4.93. The van der Waals surface area contributed by atoms with Gasteiger partial charge in [0.15, 0.2) is 0 Å².